The molecule has 1 N–H and O–H groups in total. The highest BCUT2D eigenvalue weighted by Crippen LogP contribution is 2.10. The van der Waals surface area contributed by atoms with E-state index < -0.39 is 36.4 Å². The van der Waals surface area contributed by atoms with Crippen molar-refractivity contribution < 1.29 is 30.4 Å². The zero-order valence-electron chi connectivity index (χ0n) is 11.9. The van der Waals surface area contributed by atoms with Gasteiger partial charge in [-0.2, -0.15) is 0 Å². The van der Waals surface area contributed by atoms with Crippen molar-refractivity contribution in [3.8, 4) is 0 Å². The highest BCUT2D eigenvalue weighted by Gasteiger charge is 2.27. The molecule has 2 unspecified atom stereocenters. The largest absolute Gasteiger partial charge is 0.481 e. The number of ether oxygens (including phenoxy) is 2. The van der Waals surface area contributed by atoms with Crippen molar-refractivity contribution in [3.05, 3.63) is 35.9 Å². The Morgan fingerprint density at radius 3 is 2.23 bits per heavy atom. The van der Waals surface area contributed by atoms with Crippen LogP contribution in [0, 0.1) is 0 Å². The fourth-order valence-corrected chi connectivity index (χ4v) is 1.73. The number of methoxy groups -OCH3 is 1. The molecule has 1 rings (SSSR count). The Morgan fingerprint density at radius 1 is 1.18 bits per heavy atom. The third kappa shape index (κ3) is 6.49. The number of carboxylic acids is 1. The number of carboxylic acid groups (broad SMARTS) is 1. The van der Waals surface area contributed by atoms with Crippen LogP contribution in [0.2, 0.25) is 0 Å². The van der Waals surface area contributed by atoms with E-state index in [2.05, 4.69) is 0 Å². The summed E-state index contributed by atoms with van der Waals surface area (Å²) in [6.45, 7) is 1.18. The summed E-state index contributed by atoms with van der Waals surface area (Å²) in [7, 11) is 1.36. The van der Waals surface area contributed by atoms with Gasteiger partial charge in [-0.05, 0) is 12.5 Å². The fraction of sp³-hybridized carbons (Fsp3) is 0.438. The summed E-state index contributed by atoms with van der Waals surface area (Å²) < 4.78 is 10.0. The molecule has 0 saturated heterocycles. The van der Waals surface area contributed by atoms with E-state index in [0.717, 1.165) is 5.56 Å². The van der Waals surface area contributed by atoms with Gasteiger partial charge in [0.15, 0.2) is 18.0 Å². The second-order valence-corrected chi connectivity index (χ2v) is 4.55. The van der Waals surface area contributed by atoms with Gasteiger partial charge < -0.3 is 14.6 Å². The minimum atomic E-state index is -1.29. The topological polar surface area (TPSA) is 89.9 Å². The van der Waals surface area contributed by atoms with Crippen molar-refractivity contribution >= 4 is 17.7 Å². The van der Waals surface area contributed by atoms with Crippen LogP contribution in [-0.2, 0) is 30.3 Å². The van der Waals surface area contributed by atoms with E-state index in [-0.39, 0.29) is 15.3 Å². The van der Waals surface area contributed by atoms with Crippen LogP contribution in [0.25, 0.3) is 0 Å². The summed E-state index contributed by atoms with van der Waals surface area (Å²) in [6.07, 6.45) is -2.44. The normalized spacial score (nSPS) is 12.6. The number of Topliss-reactive ketones (excluding diaryl/α,β-unsaturated/α-hetero) is 1. The number of aliphatic carboxylic acids is 1. The molecule has 22 heavy (non-hydrogen) atoms. The summed E-state index contributed by atoms with van der Waals surface area (Å²) >= 11 is 0. The van der Waals surface area contributed by atoms with Gasteiger partial charge in [-0.3, -0.25) is 9.59 Å². The standard InChI is InChI=1S/C15H18O6.CH4.H2/c1-10(16)12(9-14(17)18)21-15(19)13(20-2)8-11-6-4-3-5-7-11;;/h3-7,12-13H,8-9H2,1-2H3,(H,17,18);1H4;1H/i;;1+1. The first-order chi connectivity index (χ1) is 9.93. The van der Waals surface area contributed by atoms with Crippen LogP contribution < -0.4 is 0 Å². The second-order valence-electron chi connectivity index (χ2n) is 4.55. The quantitative estimate of drug-likeness (QED) is 0.739. The van der Waals surface area contributed by atoms with Crippen molar-refractivity contribution in [3.63, 3.8) is 0 Å². The average Bonchev–Trinajstić information content (AvgIpc) is 2.44. The van der Waals surface area contributed by atoms with Gasteiger partial charge in [0, 0.05) is 15.0 Å². The van der Waals surface area contributed by atoms with E-state index in [9.17, 15) is 14.4 Å². The van der Waals surface area contributed by atoms with Gasteiger partial charge in [0.2, 0.25) is 0 Å². The van der Waals surface area contributed by atoms with E-state index in [1.54, 1.807) is 0 Å². The van der Waals surface area contributed by atoms with Gasteiger partial charge in [0.1, 0.15) is 0 Å². The Balaban J connectivity index is 0. The molecule has 1 aromatic carbocycles. The van der Waals surface area contributed by atoms with Gasteiger partial charge in [0.25, 0.3) is 0 Å². The molecule has 0 aliphatic rings. The number of carbonyl (C=O) groups excluding carboxylic acids is 2. The maximum Gasteiger partial charge on any atom is 0.336 e. The molecule has 6 heteroatoms. The lowest BCUT2D eigenvalue weighted by molar-refractivity contribution is -0.166. The van der Waals surface area contributed by atoms with Crippen LogP contribution in [0.15, 0.2) is 30.3 Å². The molecule has 1 aromatic rings. The molecular formula is C16H24O6. The van der Waals surface area contributed by atoms with Crippen LogP contribution in [0.4, 0.5) is 0 Å². The van der Waals surface area contributed by atoms with E-state index >= 15 is 0 Å². The molecular weight excluding hydrogens is 288 g/mol. The fourth-order valence-electron chi connectivity index (χ4n) is 1.73. The average molecular weight is 313 g/mol. The van der Waals surface area contributed by atoms with Crippen molar-refractivity contribution in [1.29, 1.82) is 0 Å². The van der Waals surface area contributed by atoms with Crippen molar-refractivity contribution in [2.24, 2.45) is 0 Å². The number of hydrogen-bond donors (Lipinski definition) is 1. The van der Waals surface area contributed by atoms with Crippen molar-refractivity contribution in [2.75, 3.05) is 7.11 Å². The molecule has 0 heterocycles. The Labute approximate surface area is 131 Å². The van der Waals surface area contributed by atoms with Crippen LogP contribution >= 0.6 is 0 Å². The molecule has 124 valence electrons. The van der Waals surface area contributed by atoms with Gasteiger partial charge in [-0.25, -0.2) is 4.79 Å². The summed E-state index contributed by atoms with van der Waals surface area (Å²) in [5.74, 6) is -2.47. The Morgan fingerprint density at radius 2 is 1.77 bits per heavy atom. The molecule has 0 saturated carbocycles. The van der Waals surface area contributed by atoms with E-state index in [1.165, 1.54) is 14.0 Å². The summed E-state index contributed by atoms with van der Waals surface area (Å²) in [4.78, 5) is 33.9. The number of ketones is 1. The third-order valence-electron chi connectivity index (χ3n) is 2.88. The molecule has 6 nitrogen and oxygen atoms in total. The summed E-state index contributed by atoms with van der Waals surface area (Å²) in [6, 6.07) is 9.17. The number of hydrogen-bond acceptors (Lipinski definition) is 5. The summed E-state index contributed by atoms with van der Waals surface area (Å²) in [5, 5.41) is 8.70. The minimum absolute atomic E-state index is 0. The Kier molecular flexibility index (Phi) is 8.70. The number of benzene rings is 1. The summed E-state index contributed by atoms with van der Waals surface area (Å²) in [5.41, 5.74) is 0.874. The molecule has 0 bridgehead atoms. The molecule has 0 amide bonds. The van der Waals surface area contributed by atoms with Gasteiger partial charge in [-0.15, -0.1) is 0 Å². The molecule has 0 spiro atoms. The van der Waals surface area contributed by atoms with Gasteiger partial charge in [0.05, 0.1) is 6.42 Å². The first-order valence-electron chi connectivity index (χ1n) is 6.43. The van der Waals surface area contributed by atoms with Crippen molar-refractivity contribution in [2.45, 2.75) is 39.4 Å². The lowest BCUT2D eigenvalue weighted by Gasteiger charge is -2.18. The first-order valence-corrected chi connectivity index (χ1v) is 6.43. The highest BCUT2D eigenvalue weighted by molar-refractivity contribution is 5.88. The Hall–Kier alpha value is -2.21. The number of esters is 1. The number of carbonyl (C=O) groups is 3. The zero-order chi connectivity index (χ0) is 15.8. The third-order valence-corrected chi connectivity index (χ3v) is 2.88. The van der Waals surface area contributed by atoms with Crippen LogP contribution in [0.3, 0.4) is 0 Å². The van der Waals surface area contributed by atoms with E-state index in [0.29, 0.717) is 0 Å². The Bertz CT molecular complexity index is 503. The lowest BCUT2D eigenvalue weighted by atomic mass is 10.1. The molecule has 0 fully saturated rings. The molecule has 0 radical (unpaired) electrons. The monoisotopic (exact) mass is 313 g/mol. The smallest absolute Gasteiger partial charge is 0.336 e. The maximum absolute atomic E-state index is 12.0. The van der Waals surface area contributed by atoms with Crippen LogP contribution in [0.5, 0.6) is 0 Å². The highest BCUT2D eigenvalue weighted by atomic mass is 16.6. The van der Waals surface area contributed by atoms with E-state index in [1.807, 2.05) is 30.3 Å². The van der Waals surface area contributed by atoms with Gasteiger partial charge in [-0.1, -0.05) is 37.8 Å². The molecule has 2 atom stereocenters. The lowest BCUT2D eigenvalue weighted by Crippen LogP contribution is -2.35. The predicted molar refractivity (Wildman–Crippen MR) is 82.6 cm³/mol. The minimum Gasteiger partial charge on any atom is -0.481 e. The first kappa shape index (κ1) is 19.8. The molecule has 0 aliphatic carbocycles. The predicted octanol–water partition coefficient (Wildman–Crippen LogP) is 2.10. The van der Waals surface area contributed by atoms with Crippen LogP contribution in [-0.4, -0.2) is 42.1 Å². The second kappa shape index (κ2) is 9.68. The zero-order valence-corrected chi connectivity index (χ0v) is 11.9. The van der Waals surface area contributed by atoms with E-state index in [4.69, 9.17) is 14.6 Å². The number of rotatable bonds is 8. The maximum atomic E-state index is 12.0. The molecule has 0 aliphatic heterocycles. The SMILES string of the molecule is C.COC(Cc1ccccc1)C(=O)OC(CC(=O)O)C(C)=O.[2HH]. The van der Waals surface area contributed by atoms with Gasteiger partial charge >= 0.3 is 11.9 Å². The van der Waals surface area contributed by atoms with Crippen LogP contribution in [0.1, 0.15) is 27.8 Å². The van der Waals surface area contributed by atoms with Crippen molar-refractivity contribution in [1.82, 2.24) is 0 Å². The molecule has 0 aromatic heterocycles.